The third-order valence-corrected chi connectivity index (χ3v) is 4.00. The maximum Gasteiger partial charge on any atom is 0.407 e. The Kier molecular flexibility index (Phi) is 5.45. The molecule has 1 aliphatic rings. The van der Waals surface area contributed by atoms with E-state index in [-0.39, 0.29) is 19.9 Å². The highest BCUT2D eigenvalue weighted by atomic mass is 32.2. The Balaban J connectivity index is 2.32. The molecule has 1 N–H and O–H groups in total. The zero-order valence-corrected chi connectivity index (χ0v) is 13.8. The fourth-order valence-electron chi connectivity index (χ4n) is 2.42. The third kappa shape index (κ3) is 4.57. The van der Waals surface area contributed by atoms with Gasteiger partial charge in [0.25, 0.3) is 10.1 Å². The Hall–Kier alpha value is -1.84. The van der Waals surface area contributed by atoms with Crippen molar-refractivity contribution in [2.75, 3.05) is 26.7 Å². The third-order valence-electron chi connectivity index (χ3n) is 3.45. The summed E-state index contributed by atoms with van der Waals surface area (Å²) in [5.41, 5.74) is 2.26. The van der Waals surface area contributed by atoms with Crippen LogP contribution < -0.4 is 4.74 Å². The molecule has 23 heavy (non-hydrogen) atoms. The quantitative estimate of drug-likeness (QED) is 0.610. The summed E-state index contributed by atoms with van der Waals surface area (Å²) in [7, 11) is -2.09. The van der Waals surface area contributed by atoms with Crippen LogP contribution in [0.2, 0.25) is 0 Å². The van der Waals surface area contributed by atoms with Crippen molar-refractivity contribution in [3.63, 3.8) is 0 Å². The maximum absolute atomic E-state index is 11.2. The first-order valence-corrected chi connectivity index (χ1v) is 8.71. The minimum atomic E-state index is -3.57. The lowest BCUT2D eigenvalue weighted by Gasteiger charge is -2.28. The number of methoxy groups -OCH3 is 1. The van der Waals surface area contributed by atoms with E-state index in [2.05, 4.69) is 0 Å². The molecule has 0 unspecified atom stereocenters. The molecule has 1 aromatic carbocycles. The van der Waals surface area contributed by atoms with Crippen molar-refractivity contribution in [1.82, 2.24) is 4.90 Å². The second-order valence-electron chi connectivity index (χ2n) is 5.16. The molecule has 1 heterocycles. The first kappa shape index (κ1) is 17.5. The van der Waals surface area contributed by atoms with Crippen molar-refractivity contribution in [2.24, 2.45) is 0 Å². The van der Waals surface area contributed by atoms with Gasteiger partial charge in [-0.3, -0.25) is 4.18 Å². The number of rotatable bonds is 6. The van der Waals surface area contributed by atoms with Gasteiger partial charge in [0.2, 0.25) is 0 Å². The summed E-state index contributed by atoms with van der Waals surface area (Å²) in [5.74, 6) is 0.498. The highest BCUT2D eigenvalue weighted by Gasteiger charge is 2.24. The van der Waals surface area contributed by atoms with Crippen molar-refractivity contribution in [3.8, 4) is 5.75 Å². The molecule has 2 rings (SSSR count). The number of carbonyl (C=O) groups is 1. The van der Waals surface area contributed by atoms with E-state index in [9.17, 15) is 13.2 Å². The largest absolute Gasteiger partial charge is 0.467 e. The van der Waals surface area contributed by atoms with Gasteiger partial charge in [0.05, 0.1) is 12.9 Å². The first-order chi connectivity index (χ1) is 10.8. The summed E-state index contributed by atoms with van der Waals surface area (Å²) in [6, 6.07) is 3.45. The molecule has 1 aromatic rings. The van der Waals surface area contributed by atoms with Crippen LogP contribution in [0, 0.1) is 0 Å². The first-order valence-electron chi connectivity index (χ1n) is 6.89. The molecule has 0 atom stereocenters. The topological polar surface area (TPSA) is 102 Å². The molecule has 0 spiro atoms. The summed E-state index contributed by atoms with van der Waals surface area (Å²) in [6.45, 7) is 0.474. The van der Waals surface area contributed by atoms with Crippen LogP contribution in [0.4, 0.5) is 4.79 Å². The predicted molar refractivity (Wildman–Crippen MR) is 80.7 cm³/mol. The standard InChI is InChI=1S/C14H19NO7S/c1-20-9-21-13-11(8-22-23(2,18)19)4-3-10-7-15(14(16)17)6-5-12(10)13/h3-4H,5-9H2,1-2H3,(H,16,17). The number of hydrogen-bond donors (Lipinski definition) is 1. The molecule has 0 fully saturated rings. The molecule has 0 bridgehead atoms. The fourth-order valence-corrected chi connectivity index (χ4v) is 2.76. The van der Waals surface area contributed by atoms with Crippen molar-refractivity contribution in [2.45, 2.75) is 19.6 Å². The zero-order valence-electron chi connectivity index (χ0n) is 12.9. The Morgan fingerprint density at radius 3 is 2.74 bits per heavy atom. The molecule has 0 aromatic heterocycles. The van der Waals surface area contributed by atoms with E-state index in [1.165, 1.54) is 12.0 Å². The van der Waals surface area contributed by atoms with E-state index >= 15 is 0 Å². The minimum absolute atomic E-state index is 0.00493. The Morgan fingerprint density at radius 2 is 2.13 bits per heavy atom. The van der Waals surface area contributed by atoms with Crippen molar-refractivity contribution in [1.29, 1.82) is 0 Å². The van der Waals surface area contributed by atoms with Crippen LogP contribution in [0.3, 0.4) is 0 Å². The number of benzene rings is 1. The van der Waals surface area contributed by atoms with E-state index < -0.39 is 16.2 Å². The number of nitrogens with zero attached hydrogens (tertiary/aromatic N) is 1. The summed E-state index contributed by atoms with van der Waals surface area (Å²) in [4.78, 5) is 12.4. The van der Waals surface area contributed by atoms with Crippen LogP contribution in [0.15, 0.2) is 12.1 Å². The molecule has 0 saturated heterocycles. The normalized spacial score (nSPS) is 14.4. The van der Waals surface area contributed by atoms with Gasteiger partial charge < -0.3 is 19.5 Å². The molecule has 1 aliphatic heterocycles. The SMILES string of the molecule is COCOc1c(COS(C)(=O)=O)ccc2c1CCN(C(=O)O)C2. The van der Waals surface area contributed by atoms with Crippen LogP contribution in [0.25, 0.3) is 0 Å². The second-order valence-corrected chi connectivity index (χ2v) is 6.81. The van der Waals surface area contributed by atoms with Crippen LogP contribution in [-0.4, -0.2) is 51.2 Å². The van der Waals surface area contributed by atoms with E-state index in [4.69, 9.17) is 18.8 Å². The molecule has 0 saturated carbocycles. The van der Waals surface area contributed by atoms with Gasteiger partial charge in [-0.25, -0.2) is 4.79 Å². The smallest absolute Gasteiger partial charge is 0.407 e. The van der Waals surface area contributed by atoms with E-state index in [1.54, 1.807) is 12.1 Å². The minimum Gasteiger partial charge on any atom is -0.467 e. The van der Waals surface area contributed by atoms with Crippen molar-refractivity contribution < 1.29 is 32.0 Å². The average Bonchev–Trinajstić information content (AvgIpc) is 2.49. The lowest BCUT2D eigenvalue weighted by atomic mass is 9.96. The highest BCUT2D eigenvalue weighted by molar-refractivity contribution is 7.85. The van der Waals surface area contributed by atoms with E-state index in [0.717, 1.165) is 17.4 Å². The van der Waals surface area contributed by atoms with E-state index in [0.29, 0.717) is 24.3 Å². The number of carboxylic acid groups (broad SMARTS) is 1. The molecule has 9 heteroatoms. The molecule has 8 nitrogen and oxygen atoms in total. The van der Waals surface area contributed by atoms with Gasteiger partial charge in [0, 0.05) is 31.3 Å². The second kappa shape index (κ2) is 7.16. The summed E-state index contributed by atoms with van der Waals surface area (Å²) in [5, 5.41) is 9.09. The van der Waals surface area contributed by atoms with Gasteiger partial charge in [0.15, 0.2) is 6.79 Å². The van der Waals surface area contributed by atoms with Gasteiger partial charge >= 0.3 is 6.09 Å². The van der Waals surface area contributed by atoms with Gasteiger partial charge in [-0.2, -0.15) is 8.42 Å². The summed E-state index contributed by atoms with van der Waals surface area (Å²) >= 11 is 0. The fraction of sp³-hybridized carbons (Fsp3) is 0.500. The maximum atomic E-state index is 11.2. The summed E-state index contributed by atoms with van der Waals surface area (Å²) in [6.07, 6.45) is 0.485. The van der Waals surface area contributed by atoms with Crippen molar-refractivity contribution in [3.05, 3.63) is 28.8 Å². The average molecular weight is 345 g/mol. The molecule has 0 aliphatic carbocycles. The number of amides is 1. The van der Waals surface area contributed by atoms with Crippen molar-refractivity contribution >= 4 is 16.2 Å². The molecular formula is C14H19NO7S. The Morgan fingerprint density at radius 1 is 1.39 bits per heavy atom. The van der Waals surface area contributed by atoms with E-state index in [1.807, 2.05) is 0 Å². The zero-order chi connectivity index (χ0) is 17.0. The van der Waals surface area contributed by atoms with Crippen LogP contribution >= 0.6 is 0 Å². The Bertz CT molecular complexity index is 687. The number of fused-ring (bicyclic) bond motifs is 1. The number of hydrogen-bond acceptors (Lipinski definition) is 6. The van der Waals surface area contributed by atoms with Crippen LogP contribution in [0.1, 0.15) is 16.7 Å². The van der Waals surface area contributed by atoms with Gasteiger partial charge in [-0.15, -0.1) is 0 Å². The molecule has 128 valence electrons. The highest BCUT2D eigenvalue weighted by Crippen LogP contribution is 2.32. The lowest BCUT2D eigenvalue weighted by molar-refractivity contribution is 0.0485. The number of ether oxygens (including phenoxy) is 2. The van der Waals surface area contributed by atoms with Crippen LogP contribution in [-0.2, 0) is 38.6 Å². The summed E-state index contributed by atoms with van der Waals surface area (Å²) < 4.78 is 37.7. The van der Waals surface area contributed by atoms with Gasteiger partial charge in [-0.05, 0) is 12.0 Å². The molecule has 0 radical (unpaired) electrons. The monoisotopic (exact) mass is 345 g/mol. The lowest BCUT2D eigenvalue weighted by Crippen LogP contribution is -2.35. The molecular weight excluding hydrogens is 326 g/mol. The predicted octanol–water partition coefficient (Wildman–Crippen LogP) is 1.18. The van der Waals surface area contributed by atoms with Crippen LogP contribution in [0.5, 0.6) is 5.75 Å². The molecule has 1 amide bonds. The Labute approximate surface area is 134 Å². The van der Waals surface area contributed by atoms with Gasteiger partial charge in [-0.1, -0.05) is 12.1 Å². The van der Waals surface area contributed by atoms with Gasteiger partial charge in [0.1, 0.15) is 5.75 Å².